The van der Waals surface area contributed by atoms with Gasteiger partial charge in [-0.3, -0.25) is 4.79 Å². The maximum absolute atomic E-state index is 10.7. The summed E-state index contributed by atoms with van der Waals surface area (Å²) in [6, 6.07) is 0. The van der Waals surface area contributed by atoms with Gasteiger partial charge in [0.15, 0.2) is 0 Å². The molecule has 4 heteroatoms. The Balaban J connectivity index is 0. The van der Waals surface area contributed by atoms with Crippen LogP contribution in [0.25, 0.3) is 0 Å². The zero-order chi connectivity index (χ0) is 12.6. The molecule has 1 amide bonds. The van der Waals surface area contributed by atoms with Gasteiger partial charge in [0.2, 0.25) is 5.91 Å². The topological polar surface area (TPSA) is 57.6 Å². The lowest BCUT2D eigenvalue weighted by Gasteiger charge is -2.07. The molecule has 86 valence electrons. The Bertz CT molecular complexity index is 278. The van der Waals surface area contributed by atoms with Gasteiger partial charge in [-0.1, -0.05) is 12.7 Å². The summed E-state index contributed by atoms with van der Waals surface area (Å²) in [4.78, 5) is 22.0. The molecule has 0 saturated carbocycles. The number of aliphatic carboxylic acids is 1. The van der Waals surface area contributed by atoms with Crippen LogP contribution in [0.1, 0.15) is 20.8 Å². The molecule has 4 nitrogen and oxygen atoms in total. The first-order valence-electron chi connectivity index (χ1n) is 4.47. The van der Waals surface area contributed by atoms with Crippen LogP contribution in [-0.2, 0) is 9.59 Å². The van der Waals surface area contributed by atoms with E-state index in [0.29, 0.717) is 11.1 Å². The predicted molar refractivity (Wildman–Crippen MR) is 60.6 cm³/mol. The average molecular weight is 213 g/mol. The standard InChI is InChI=1S/C6H11NO.C5H8O2/c1-5(2)6(8)7(3)4;1-3-4(2)5(6)7/h1H2,2-4H3;3H,1-2H3,(H,6,7)/b;4-3+. The molecule has 0 fully saturated rings. The molecule has 0 aromatic carbocycles. The Morgan fingerprint density at radius 3 is 1.67 bits per heavy atom. The first-order valence-corrected chi connectivity index (χ1v) is 4.47. The maximum Gasteiger partial charge on any atom is 0.330 e. The van der Waals surface area contributed by atoms with Gasteiger partial charge in [0, 0.05) is 25.2 Å². The van der Waals surface area contributed by atoms with Gasteiger partial charge in [-0.2, -0.15) is 0 Å². The van der Waals surface area contributed by atoms with E-state index in [4.69, 9.17) is 5.11 Å². The fourth-order valence-corrected chi connectivity index (χ4v) is 0.505. The summed E-state index contributed by atoms with van der Waals surface area (Å²) in [5.74, 6) is -0.854. The molecule has 0 aromatic rings. The quantitative estimate of drug-likeness (QED) is 0.710. The monoisotopic (exact) mass is 213 g/mol. The number of rotatable bonds is 2. The Kier molecular flexibility index (Phi) is 8.24. The van der Waals surface area contributed by atoms with Gasteiger partial charge in [-0.25, -0.2) is 4.79 Å². The van der Waals surface area contributed by atoms with E-state index in [2.05, 4.69) is 6.58 Å². The molecule has 0 spiro atoms. The molecule has 0 aliphatic heterocycles. The molecule has 0 unspecified atom stereocenters. The number of allylic oxidation sites excluding steroid dienone is 1. The van der Waals surface area contributed by atoms with Crippen LogP contribution in [-0.4, -0.2) is 36.0 Å². The van der Waals surface area contributed by atoms with Crippen molar-refractivity contribution in [1.82, 2.24) is 4.90 Å². The van der Waals surface area contributed by atoms with Crippen molar-refractivity contribution in [1.29, 1.82) is 0 Å². The van der Waals surface area contributed by atoms with Crippen LogP contribution >= 0.6 is 0 Å². The highest BCUT2D eigenvalue weighted by Crippen LogP contribution is 1.90. The molecule has 1 N–H and O–H groups in total. The van der Waals surface area contributed by atoms with Gasteiger partial charge >= 0.3 is 5.97 Å². The smallest absolute Gasteiger partial charge is 0.330 e. The van der Waals surface area contributed by atoms with Crippen molar-refractivity contribution < 1.29 is 14.7 Å². The second kappa shape index (κ2) is 7.79. The third-order valence-electron chi connectivity index (χ3n) is 1.54. The highest BCUT2D eigenvalue weighted by atomic mass is 16.4. The van der Waals surface area contributed by atoms with E-state index in [9.17, 15) is 9.59 Å². The summed E-state index contributed by atoms with van der Waals surface area (Å²) in [6.07, 6.45) is 1.56. The van der Waals surface area contributed by atoms with Gasteiger partial charge in [0.25, 0.3) is 0 Å². The van der Waals surface area contributed by atoms with Crippen LogP contribution in [0.2, 0.25) is 0 Å². The average Bonchev–Trinajstić information content (AvgIpc) is 2.15. The molecule has 0 aliphatic carbocycles. The van der Waals surface area contributed by atoms with Crippen molar-refractivity contribution in [2.75, 3.05) is 14.1 Å². The highest BCUT2D eigenvalue weighted by molar-refractivity contribution is 5.91. The fourth-order valence-electron chi connectivity index (χ4n) is 0.505. The summed E-state index contributed by atoms with van der Waals surface area (Å²) >= 11 is 0. The fraction of sp³-hybridized carbons (Fsp3) is 0.455. The largest absolute Gasteiger partial charge is 0.478 e. The van der Waals surface area contributed by atoms with Crippen LogP contribution in [0.3, 0.4) is 0 Å². The summed E-state index contributed by atoms with van der Waals surface area (Å²) in [6.45, 7) is 8.44. The number of carboxylic acids is 1. The third kappa shape index (κ3) is 8.74. The zero-order valence-corrected chi connectivity index (χ0v) is 10.00. The number of likely N-dealkylation sites (N-methyl/N-ethyl adjacent to an activating group) is 1. The third-order valence-corrected chi connectivity index (χ3v) is 1.54. The number of hydrogen-bond donors (Lipinski definition) is 1. The van der Waals surface area contributed by atoms with Crippen LogP contribution < -0.4 is 0 Å². The van der Waals surface area contributed by atoms with Gasteiger partial charge in [-0.05, 0) is 20.8 Å². The molecular weight excluding hydrogens is 194 g/mol. The van der Waals surface area contributed by atoms with Crippen molar-refractivity contribution >= 4 is 11.9 Å². The normalized spacial score (nSPS) is 9.80. The maximum atomic E-state index is 10.7. The van der Waals surface area contributed by atoms with Crippen molar-refractivity contribution in [3.63, 3.8) is 0 Å². The molecule has 0 bridgehead atoms. The minimum atomic E-state index is -0.845. The SMILES string of the molecule is C/C=C(\C)C(=O)O.C=C(C)C(=O)N(C)C. The lowest BCUT2D eigenvalue weighted by atomic mass is 10.3. The second-order valence-corrected chi connectivity index (χ2v) is 3.26. The van der Waals surface area contributed by atoms with Crippen LogP contribution in [0.4, 0.5) is 0 Å². The first-order chi connectivity index (χ1) is 6.73. The van der Waals surface area contributed by atoms with Crippen molar-refractivity contribution in [3.8, 4) is 0 Å². The van der Waals surface area contributed by atoms with Crippen molar-refractivity contribution in [2.24, 2.45) is 0 Å². The summed E-state index contributed by atoms with van der Waals surface area (Å²) in [5, 5.41) is 8.11. The van der Waals surface area contributed by atoms with E-state index >= 15 is 0 Å². The van der Waals surface area contributed by atoms with E-state index in [1.807, 2.05) is 0 Å². The molecule has 0 aliphatic rings. The summed E-state index contributed by atoms with van der Waals surface area (Å²) in [7, 11) is 3.41. The number of carboxylic acid groups (broad SMARTS) is 1. The number of carbonyl (C=O) groups is 2. The molecule has 15 heavy (non-hydrogen) atoms. The van der Waals surface area contributed by atoms with Gasteiger partial charge < -0.3 is 10.0 Å². The Hall–Kier alpha value is -1.58. The number of nitrogens with zero attached hydrogens (tertiary/aromatic N) is 1. The zero-order valence-electron chi connectivity index (χ0n) is 10.00. The van der Waals surface area contributed by atoms with Gasteiger partial charge in [-0.15, -0.1) is 0 Å². The number of amides is 1. The van der Waals surface area contributed by atoms with E-state index in [0.717, 1.165) is 0 Å². The molecule has 0 atom stereocenters. The van der Waals surface area contributed by atoms with E-state index in [-0.39, 0.29) is 5.91 Å². The van der Waals surface area contributed by atoms with Gasteiger partial charge in [0.1, 0.15) is 0 Å². The lowest BCUT2D eigenvalue weighted by molar-refractivity contribution is -0.132. The molecular formula is C11H19NO3. The molecule has 0 saturated heterocycles. The van der Waals surface area contributed by atoms with E-state index < -0.39 is 5.97 Å². The molecule has 0 heterocycles. The van der Waals surface area contributed by atoms with Gasteiger partial charge in [0.05, 0.1) is 0 Å². The Labute approximate surface area is 90.9 Å². The molecule has 0 rings (SSSR count). The number of carbonyl (C=O) groups excluding carboxylic acids is 1. The molecule has 0 radical (unpaired) electrons. The van der Waals surface area contributed by atoms with Crippen LogP contribution in [0.15, 0.2) is 23.8 Å². The molecule has 0 aromatic heterocycles. The number of hydrogen-bond acceptors (Lipinski definition) is 2. The van der Waals surface area contributed by atoms with Crippen LogP contribution in [0.5, 0.6) is 0 Å². The van der Waals surface area contributed by atoms with Crippen molar-refractivity contribution in [3.05, 3.63) is 23.8 Å². The summed E-state index contributed by atoms with van der Waals surface area (Å²) in [5.41, 5.74) is 0.968. The minimum absolute atomic E-state index is 0.00926. The summed E-state index contributed by atoms with van der Waals surface area (Å²) < 4.78 is 0. The Morgan fingerprint density at radius 2 is 1.67 bits per heavy atom. The van der Waals surface area contributed by atoms with Crippen molar-refractivity contribution in [2.45, 2.75) is 20.8 Å². The van der Waals surface area contributed by atoms with E-state index in [1.54, 1.807) is 40.9 Å². The Morgan fingerprint density at radius 1 is 1.27 bits per heavy atom. The predicted octanol–water partition coefficient (Wildman–Crippen LogP) is 1.69. The second-order valence-electron chi connectivity index (χ2n) is 3.26. The van der Waals surface area contributed by atoms with E-state index in [1.165, 1.54) is 4.90 Å². The minimum Gasteiger partial charge on any atom is -0.478 e. The lowest BCUT2D eigenvalue weighted by Crippen LogP contribution is -2.21. The first kappa shape index (κ1) is 15.9. The van der Waals surface area contributed by atoms with Crippen LogP contribution in [0, 0.1) is 0 Å². The highest BCUT2D eigenvalue weighted by Gasteiger charge is 2.01.